The summed E-state index contributed by atoms with van der Waals surface area (Å²) in [7, 11) is 2.25. The molecule has 15 heavy (non-hydrogen) atoms. The summed E-state index contributed by atoms with van der Waals surface area (Å²) in [5.74, 6) is 2.61. The van der Waals surface area contributed by atoms with Crippen LogP contribution in [0.4, 0.5) is 0 Å². The minimum atomic E-state index is 0.379. The van der Waals surface area contributed by atoms with Crippen molar-refractivity contribution in [1.82, 2.24) is 4.90 Å². The van der Waals surface area contributed by atoms with Crippen molar-refractivity contribution in [3.63, 3.8) is 0 Å². The van der Waals surface area contributed by atoms with Gasteiger partial charge in [0.05, 0.1) is 0 Å². The van der Waals surface area contributed by atoms with Gasteiger partial charge in [-0.05, 0) is 31.1 Å². The van der Waals surface area contributed by atoms with Crippen molar-refractivity contribution >= 4 is 11.8 Å². The summed E-state index contributed by atoms with van der Waals surface area (Å²) in [4.78, 5) is 2.52. The Morgan fingerprint density at radius 3 is 2.53 bits per heavy atom. The quantitative estimate of drug-likeness (QED) is 0.803. The molecular weight excluding hydrogens is 204 g/mol. The van der Waals surface area contributed by atoms with E-state index in [1.807, 2.05) is 0 Å². The van der Waals surface area contributed by atoms with Gasteiger partial charge >= 0.3 is 0 Å². The van der Waals surface area contributed by atoms with Crippen LogP contribution in [0.2, 0.25) is 0 Å². The van der Waals surface area contributed by atoms with Gasteiger partial charge < -0.3 is 5.73 Å². The molecule has 0 aromatic rings. The predicted octanol–water partition coefficient (Wildman–Crippen LogP) is 2.19. The molecule has 0 spiro atoms. The summed E-state index contributed by atoms with van der Waals surface area (Å²) >= 11 is 2.07. The van der Waals surface area contributed by atoms with Crippen molar-refractivity contribution in [2.45, 2.75) is 45.7 Å². The molecule has 0 bridgehead atoms. The molecule has 2 nitrogen and oxygen atoms in total. The van der Waals surface area contributed by atoms with Crippen LogP contribution >= 0.6 is 11.8 Å². The average Bonchev–Trinajstić information content (AvgIpc) is 2.64. The number of nitrogens with two attached hydrogens (primary N) is 1. The fraction of sp³-hybridized carbons (Fsp3) is 1.00. The van der Waals surface area contributed by atoms with Gasteiger partial charge in [-0.2, -0.15) is 11.8 Å². The molecule has 2 N–H and O–H groups in total. The molecule has 1 heterocycles. The number of likely N-dealkylation sites (N-methyl/N-ethyl adjacent to an activating group) is 1. The van der Waals surface area contributed by atoms with Crippen LogP contribution in [0.25, 0.3) is 0 Å². The molecule has 0 aliphatic carbocycles. The fourth-order valence-electron chi connectivity index (χ4n) is 2.24. The second-order valence-electron chi connectivity index (χ2n) is 5.84. The Hall–Kier alpha value is 0.270. The van der Waals surface area contributed by atoms with Gasteiger partial charge in [0.2, 0.25) is 0 Å². The van der Waals surface area contributed by atoms with Gasteiger partial charge in [-0.1, -0.05) is 20.8 Å². The maximum Gasteiger partial charge on any atom is 0.0223 e. The predicted molar refractivity (Wildman–Crippen MR) is 70.4 cm³/mol. The summed E-state index contributed by atoms with van der Waals surface area (Å²) in [5.41, 5.74) is 6.28. The largest absolute Gasteiger partial charge is 0.329 e. The molecule has 0 aromatic heterocycles. The van der Waals surface area contributed by atoms with E-state index >= 15 is 0 Å². The molecule has 3 heteroatoms. The van der Waals surface area contributed by atoms with E-state index in [1.54, 1.807) is 0 Å². The number of nitrogens with zero attached hydrogens (tertiary/aromatic N) is 1. The zero-order valence-electron chi connectivity index (χ0n) is 10.6. The van der Waals surface area contributed by atoms with E-state index < -0.39 is 0 Å². The first-order chi connectivity index (χ1) is 6.94. The Kier molecular flexibility index (Phi) is 4.94. The van der Waals surface area contributed by atoms with Gasteiger partial charge in [0.15, 0.2) is 0 Å². The second-order valence-corrected chi connectivity index (χ2v) is 6.99. The van der Waals surface area contributed by atoms with Crippen molar-refractivity contribution in [2.24, 2.45) is 11.1 Å². The Balaban J connectivity index is 2.49. The average molecular weight is 230 g/mol. The highest BCUT2D eigenvalue weighted by atomic mass is 32.2. The first-order valence-electron chi connectivity index (χ1n) is 5.94. The zero-order valence-corrected chi connectivity index (χ0v) is 11.4. The SMILES string of the molecule is CN(C1CCSC1)C(CN)CC(C)(C)C. The van der Waals surface area contributed by atoms with Crippen LogP contribution in [-0.2, 0) is 0 Å². The highest BCUT2D eigenvalue weighted by molar-refractivity contribution is 7.99. The minimum Gasteiger partial charge on any atom is -0.329 e. The lowest BCUT2D eigenvalue weighted by Crippen LogP contribution is -2.46. The van der Waals surface area contributed by atoms with Crippen LogP contribution < -0.4 is 5.73 Å². The summed E-state index contributed by atoms with van der Waals surface area (Å²) in [6.07, 6.45) is 2.53. The number of thioether (sulfide) groups is 1. The van der Waals surface area contributed by atoms with Crippen LogP contribution in [0.3, 0.4) is 0 Å². The first kappa shape index (κ1) is 13.3. The van der Waals surface area contributed by atoms with Crippen molar-refractivity contribution in [3.8, 4) is 0 Å². The topological polar surface area (TPSA) is 29.3 Å². The van der Waals surface area contributed by atoms with Crippen LogP contribution in [-0.4, -0.2) is 42.1 Å². The summed E-state index contributed by atoms with van der Waals surface area (Å²) in [6.45, 7) is 7.68. The summed E-state index contributed by atoms with van der Waals surface area (Å²) < 4.78 is 0. The van der Waals surface area contributed by atoms with Crippen molar-refractivity contribution in [2.75, 3.05) is 25.1 Å². The van der Waals surface area contributed by atoms with Gasteiger partial charge in [-0.15, -0.1) is 0 Å². The third kappa shape index (κ3) is 4.33. The Bertz CT molecular complexity index is 183. The van der Waals surface area contributed by atoms with E-state index in [4.69, 9.17) is 5.73 Å². The highest BCUT2D eigenvalue weighted by Crippen LogP contribution is 2.27. The van der Waals surface area contributed by atoms with E-state index in [0.29, 0.717) is 11.5 Å². The molecule has 1 aliphatic heterocycles. The van der Waals surface area contributed by atoms with Gasteiger partial charge in [0.25, 0.3) is 0 Å². The molecule has 90 valence electrons. The molecule has 2 unspecified atom stereocenters. The molecule has 0 radical (unpaired) electrons. The summed E-state index contributed by atoms with van der Waals surface area (Å²) in [6, 6.07) is 1.31. The van der Waals surface area contributed by atoms with E-state index in [0.717, 1.165) is 12.6 Å². The normalized spacial score (nSPS) is 24.8. The van der Waals surface area contributed by atoms with E-state index in [9.17, 15) is 0 Å². The molecule has 1 rings (SSSR count). The molecule has 2 atom stereocenters. The lowest BCUT2D eigenvalue weighted by atomic mass is 9.87. The van der Waals surface area contributed by atoms with Crippen molar-refractivity contribution < 1.29 is 0 Å². The standard InChI is InChI=1S/C12H26N2S/c1-12(2,3)7-11(8-13)14(4)10-5-6-15-9-10/h10-11H,5-9,13H2,1-4H3. The molecule has 0 aromatic carbocycles. The maximum atomic E-state index is 5.90. The van der Waals surface area contributed by atoms with E-state index in [-0.39, 0.29) is 0 Å². The Labute approximate surface area is 99.0 Å². The Morgan fingerprint density at radius 2 is 2.13 bits per heavy atom. The van der Waals surface area contributed by atoms with Crippen LogP contribution in [0, 0.1) is 5.41 Å². The third-order valence-electron chi connectivity index (χ3n) is 3.18. The van der Waals surface area contributed by atoms with Crippen LogP contribution in [0.5, 0.6) is 0 Å². The van der Waals surface area contributed by atoms with E-state index in [2.05, 4.69) is 44.5 Å². The molecule has 1 saturated heterocycles. The molecular formula is C12H26N2S. The molecule has 0 saturated carbocycles. The number of rotatable bonds is 4. The molecule has 0 amide bonds. The van der Waals surface area contributed by atoms with Crippen molar-refractivity contribution in [1.29, 1.82) is 0 Å². The Morgan fingerprint density at radius 1 is 1.47 bits per heavy atom. The highest BCUT2D eigenvalue weighted by Gasteiger charge is 2.27. The lowest BCUT2D eigenvalue weighted by molar-refractivity contribution is 0.146. The molecule has 1 aliphatic rings. The fourth-order valence-corrected chi connectivity index (χ4v) is 3.52. The van der Waals surface area contributed by atoms with Gasteiger partial charge in [0.1, 0.15) is 0 Å². The smallest absolute Gasteiger partial charge is 0.0223 e. The lowest BCUT2D eigenvalue weighted by Gasteiger charge is -2.35. The van der Waals surface area contributed by atoms with Crippen LogP contribution in [0.1, 0.15) is 33.6 Å². The summed E-state index contributed by atoms with van der Waals surface area (Å²) in [5, 5.41) is 0. The van der Waals surface area contributed by atoms with Crippen molar-refractivity contribution in [3.05, 3.63) is 0 Å². The van der Waals surface area contributed by atoms with E-state index in [1.165, 1.54) is 24.3 Å². The number of hydrogen-bond donors (Lipinski definition) is 1. The maximum absolute atomic E-state index is 5.90. The van der Waals surface area contributed by atoms with Gasteiger partial charge in [0, 0.05) is 24.4 Å². The monoisotopic (exact) mass is 230 g/mol. The third-order valence-corrected chi connectivity index (χ3v) is 4.32. The first-order valence-corrected chi connectivity index (χ1v) is 7.09. The second kappa shape index (κ2) is 5.55. The van der Waals surface area contributed by atoms with Gasteiger partial charge in [-0.3, -0.25) is 4.90 Å². The van der Waals surface area contributed by atoms with Crippen LogP contribution in [0.15, 0.2) is 0 Å². The minimum absolute atomic E-state index is 0.379. The zero-order chi connectivity index (χ0) is 11.5. The molecule has 1 fully saturated rings. The number of hydrogen-bond acceptors (Lipinski definition) is 3. The van der Waals surface area contributed by atoms with Gasteiger partial charge in [-0.25, -0.2) is 0 Å².